The van der Waals surface area contributed by atoms with E-state index in [0.29, 0.717) is 5.02 Å². The highest BCUT2D eigenvalue weighted by Crippen LogP contribution is 2.29. The number of nitrogens with zero attached hydrogens (tertiary/aromatic N) is 1. The van der Waals surface area contributed by atoms with E-state index >= 15 is 0 Å². The average Bonchev–Trinajstić information content (AvgIpc) is 2.85. The van der Waals surface area contributed by atoms with Gasteiger partial charge in [-0.1, -0.05) is 30.1 Å². The van der Waals surface area contributed by atoms with Gasteiger partial charge in [0.05, 0.1) is 5.51 Å². The molecule has 2 rings (SSSR count). The first-order valence-corrected chi connectivity index (χ1v) is 7.40. The van der Waals surface area contributed by atoms with E-state index in [0.717, 1.165) is 23.6 Å². The smallest absolute Gasteiger partial charge is 0.0794 e. The molecule has 2 nitrogen and oxygen atoms in total. The molecule has 0 spiro atoms. The van der Waals surface area contributed by atoms with Crippen molar-refractivity contribution in [2.75, 3.05) is 6.54 Å². The third-order valence-corrected chi connectivity index (χ3v) is 4.05. The molecule has 18 heavy (non-hydrogen) atoms. The van der Waals surface area contributed by atoms with Crippen molar-refractivity contribution in [1.29, 1.82) is 0 Å². The molecule has 0 saturated carbocycles. The zero-order valence-electron chi connectivity index (χ0n) is 9.99. The molecule has 0 saturated heterocycles. The number of halogens is 2. The minimum absolute atomic E-state index is 0.168. The van der Waals surface area contributed by atoms with Gasteiger partial charge in [0, 0.05) is 33.6 Å². The van der Waals surface area contributed by atoms with Gasteiger partial charge < -0.3 is 5.32 Å². The lowest BCUT2D eigenvalue weighted by Gasteiger charge is -2.19. The molecule has 0 bridgehead atoms. The summed E-state index contributed by atoms with van der Waals surface area (Å²) in [5, 5.41) is 4.90. The molecule has 0 radical (unpaired) electrons. The van der Waals surface area contributed by atoms with Crippen LogP contribution in [-0.4, -0.2) is 11.5 Å². The van der Waals surface area contributed by atoms with Crippen LogP contribution in [0.5, 0.6) is 0 Å². The number of rotatable bonds is 5. The molecule has 1 heterocycles. The second-order valence-electron chi connectivity index (χ2n) is 3.95. The van der Waals surface area contributed by atoms with Crippen LogP contribution in [0.1, 0.15) is 23.4 Å². The lowest BCUT2D eigenvalue weighted by atomic mass is 10.0. The molecule has 0 fully saturated rings. The van der Waals surface area contributed by atoms with Crippen LogP contribution in [-0.2, 0) is 6.42 Å². The first-order chi connectivity index (χ1) is 8.70. The van der Waals surface area contributed by atoms with E-state index < -0.39 is 0 Å². The Morgan fingerprint density at radius 1 is 1.39 bits per heavy atom. The first kappa shape index (κ1) is 13.8. The van der Waals surface area contributed by atoms with Crippen molar-refractivity contribution in [3.8, 4) is 0 Å². The molecule has 0 amide bonds. The summed E-state index contributed by atoms with van der Waals surface area (Å²) in [6.45, 7) is 2.96. The second kappa shape index (κ2) is 6.53. The summed E-state index contributed by atoms with van der Waals surface area (Å²) in [5.74, 6) is 0. The van der Waals surface area contributed by atoms with E-state index in [9.17, 15) is 0 Å². The number of hydrogen-bond acceptors (Lipinski definition) is 3. The normalized spacial score (nSPS) is 12.6. The van der Waals surface area contributed by atoms with Crippen molar-refractivity contribution >= 4 is 34.5 Å². The van der Waals surface area contributed by atoms with Gasteiger partial charge in [0.2, 0.25) is 0 Å². The van der Waals surface area contributed by atoms with Crippen LogP contribution >= 0.6 is 34.5 Å². The van der Waals surface area contributed by atoms with Crippen LogP contribution in [0.4, 0.5) is 0 Å². The van der Waals surface area contributed by atoms with Crippen LogP contribution in [0.3, 0.4) is 0 Å². The molecule has 1 unspecified atom stereocenters. The fourth-order valence-electron chi connectivity index (χ4n) is 1.86. The van der Waals surface area contributed by atoms with Crippen LogP contribution in [0.15, 0.2) is 29.9 Å². The standard InChI is InChI=1S/C13H14Cl2N2S/c1-2-17-13(6-10-7-16-8-18-10)11-5-9(14)3-4-12(11)15/h3-5,7-8,13,17H,2,6H2,1H3. The summed E-state index contributed by atoms with van der Waals surface area (Å²) in [6, 6.07) is 5.75. The number of nitrogens with one attached hydrogen (secondary N) is 1. The van der Waals surface area contributed by atoms with Gasteiger partial charge in [0.1, 0.15) is 0 Å². The summed E-state index contributed by atoms with van der Waals surface area (Å²) >= 11 is 14.0. The lowest BCUT2D eigenvalue weighted by molar-refractivity contribution is 0.553. The van der Waals surface area contributed by atoms with Crippen LogP contribution in [0.25, 0.3) is 0 Å². The number of likely N-dealkylation sites (N-methyl/N-ethyl adjacent to an activating group) is 1. The second-order valence-corrected chi connectivity index (χ2v) is 5.76. The summed E-state index contributed by atoms with van der Waals surface area (Å²) in [4.78, 5) is 5.33. The predicted octanol–water partition coefficient (Wildman–Crippen LogP) is 4.34. The maximum Gasteiger partial charge on any atom is 0.0794 e. The Morgan fingerprint density at radius 2 is 2.22 bits per heavy atom. The van der Waals surface area contributed by atoms with Gasteiger partial charge >= 0.3 is 0 Å². The van der Waals surface area contributed by atoms with Crippen LogP contribution in [0, 0.1) is 0 Å². The maximum absolute atomic E-state index is 6.26. The van der Waals surface area contributed by atoms with Crippen molar-refractivity contribution in [2.45, 2.75) is 19.4 Å². The fraction of sp³-hybridized carbons (Fsp3) is 0.308. The van der Waals surface area contributed by atoms with E-state index in [1.807, 2.05) is 29.9 Å². The zero-order chi connectivity index (χ0) is 13.0. The van der Waals surface area contributed by atoms with Crippen molar-refractivity contribution in [3.05, 3.63) is 50.4 Å². The Morgan fingerprint density at radius 3 is 2.89 bits per heavy atom. The topological polar surface area (TPSA) is 24.9 Å². The molecule has 0 aliphatic heterocycles. The van der Waals surface area contributed by atoms with E-state index in [-0.39, 0.29) is 6.04 Å². The number of benzene rings is 1. The minimum atomic E-state index is 0.168. The first-order valence-electron chi connectivity index (χ1n) is 5.76. The minimum Gasteiger partial charge on any atom is -0.310 e. The highest BCUT2D eigenvalue weighted by atomic mass is 35.5. The van der Waals surface area contributed by atoms with E-state index in [1.165, 1.54) is 4.88 Å². The summed E-state index contributed by atoms with van der Waals surface area (Å²) in [7, 11) is 0. The monoisotopic (exact) mass is 300 g/mol. The summed E-state index contributed by atoms with van der Waals surface area (Å²) in [6.07, 6.45) is 2.77. The van der Waals surface area contributed by atoms with E-state index in [1.54, 1.807) is 11.3 Å². The third kappa shape index (κ3) is 3.45. The van der Waals surface area contributed by atoms with Crippen LogP contribution in [0.2, 0.25) is 10.0 Å². The van der Waals surface area contributed by atoms with Gasteiger partial charge in [-0.2, -0.15) is 0 Å². The van der Waals surface area contributed by atoms with Gasteiger partial charge in [-0.05, 0) is 30.3 Å². The highest BCUT2D eigenvalue weighted by molar-refractivity contribution is 7.09. The van der Waals surface area contributed by atoms with Crippen molar-refractivity contribution < 1.29 is 0 Å². The Labute approximate surface area is 121 Å². The van der Waals surface area contributed by atoms with Crippen LogP contribution < -0.4 is 5.32 Å². The number of thiazole rings is 1. The molecule has 0 aliphatic carbocycles. The van der Waals surface area contributed by atoms with Gasteiger partial charge in [-0.15, -0.1) is 11.3 Å². The Bertz CT molecular complexity index is 500. The molecule has 1 aromatic heterocycles. The molecule has 0 aliphatic rings. The number of hydrogen-bond donors (Lipinski definition) is 1. The molecule has 5 heteroatoms. The largest absolute Gasteiger partial charge is 0.310 e. The molecule has 1 N–H and O–H groups in total. The summed E-state index contributed by atoms with van der Waals surface area (Å²) < 4.78 is 0. The lowest BCUT2D eigenvalue weighted by Crippen LogP contribution is -2.23. The van der Waals surface area contributed by atoms with E-state index in [4.69, 9.17) is 23.2 Å². The fourth-order valence-corrected chi connectivity index (χ4v) is 2.94. The maximum atomic E-state index is 6.26. The Kier molecular flexibility index (Phi) is 5.01. The van der Waals surface area contributed by atoms with Gasteiger partial charge in [-0.25, -0.2) is 0 Å². The quantitative estimate of drug-likeness (QED) is 0.888. The molecule has 96 valence electrons. The molecular weight excluding hydrogens is 287 g/mol. The Hall–Kier alpha value is -0.610. The number of aromatic nitrogens is 1. The molecular formula is C13H14Cl2N2S. The average molecular weight is 301 g/mol. The van der Waals surface area contributed by atoms with Crippen molar-refractivity contribution in [1.82, 2.24) is 10.3 Å². The molecule has 2 aromatic rings. The van der Waals surface area contributed by atoms with Gasteiger partial charge in [0.25, 0.3) is 0 Å². The molecule has 1 aromatic carbocycles. The highest BCUT2D eigenvalue weighted by Gasteiger charge is 2.15. The summed E-state index contributed by atoms with van der Waals surface area (Å²) in [5.41, 5.74) is 2.89. The zero-order valence-corrected chi connectivity index (χ0v) is 12.3. The molecule has 1 atom stereocenters. The van der Waals surface area contributed by atoms with E-state index in [2.05, 4.69) is 17.2 Å². The SMILES string of the molecule is CCNC(Cc1cncs1)c1cc(Cl)ccc1Cl. The van der Waals surface area contributed by atoms with Gasteiger partial charge in [-0.3, -0.25) is 4.98 Å². The Balaban J connectivity index is 2.26. The van der Waals surface area contributed by atoms with Crippen molar-refractivity contribution in [2.24, 2.45) is 0 Å². The van der Waals surface area contributed by atoms with Gasteiger partial charge in [0.15, 0.2) is 0 Å². The van der Waals surface area contributed by atoms with Crippen molar-refractivity contribution in [3.63, 3.8) is 0 Å². The predicted molar refractivity (Wildman–Crippen MR) is 78.7 cm³/mol. The third-order valence-electron chi connectivity index (χ3n) is 2.67.